The second-order valence-corrected chi connectivity index (χ2v) is 6.71. The molecule has 29 heavy (non-hydrogen) atoms. The molecule has 1 fully saturated rings. The predicted molar refractivity (Wildman–Crippen MR) is 112 cm³/mol. The summed E-state index contributed by atoms with van der Waals surface area (Å²) in [5, 5.41) is 14.4. The third-order valence-electron chi connectivity index (χ3n) is 4.71. The molecule has 0 radical (unpaired) electrons. The molecule has 4 rings (SSSR count). The molecule has 1 amide bonds. The van der Waals surface area contributed by atoms with E-state index in [1.54, 1.807) is 12.1 Å². The van der Waals surface area contributed by atoms with Crippen molar-refractivity contribution in [3.05, 3.63) is 78.0 Å². The quantitative estimate of drug-likeness (QED) is 0.675. The number of nitrogens with zero attached hydrogens (tertiary/aromatic N) is 3. The van der Waals surface area contributed by atoms with Crippen LogP contribution in [0.2, 0.25) is 0 Å². The summed E-state index contributed by atoms with van der Waals surface area (Å²) in [6, 6.07) is 21.3. The van der Waals surface area contributed by atoms with Crippen molar-refractivity contribution in [2.45, 2.75) is 6.54 Å². The molecule has 7 nitrogen and oxygen atoms in total. The first kappa shape index (κ1) is 18.9. The molecule has 2 aromatic carbocycles. The van der Waals surface area contributed by atoms with E-state index >= 15 is 0 Å². The molecular weight excluding hydrogens is 366 g/mol. The lowest BCUT2D eigenvalue weighted by Gasteiger charge is -2.30. The molecule has 0 spiro atoms. The first-order valence-electron chi connectivity index (χ1n) is 9.64. The van der Waals surface area contributed by atoms with Crippen LogP contribution in [0.1, 0.15) is 16.1 Å². The third-order valence-corrected chi connectivity index (χ3v) is 4.71. The van der Waals surface area contributed by atoms with E-state index < -0.39 is 0 Å². The minimum atomic E-state index is -0.249. The Morgan fingerprint density at radius 3 is 2.45 bits per heavy atom. The fourth-order valence-corrected chi connectivity index (χ4v) is 3.19. The lowest BCUT2D eigenvalue weighted by Crippen LogP contribution is -2.36. The maximum absolute atomic E-state index is 12.3. The Kier molecular flexibility index (Phi) is 5.97. The maximum Gasteiger partial charge on any atom is 0.272 e. The molecule has 0 atom stereocenters. The van der Waals surface area contributed by atoms with E-state index in [1.807, 2.05) is 48.5 Å². The first-order chi connectivity index (χ1) is 14.3. The number of anilines is 3. The maximum atomic E-state index is 12.3. The molecule has 148 valence electrons. The fourth-order valence-electron chi connectivity index (χ4n) is 3.19. The third kappa shape index (κ3) is 4.89. The van der Waals surface area contributed by atoms with E-state index in [-0.39, 0.29) is 11.6 Å². The summed E-state index contributed by atoms with van der Waals surface area (Å²) >= 11 is 0. The van der Waals surface area contributed by atoms with Gasteiger partial charge in [-0.1, -0.05) is 42.5 Å². The number of ether oxygens (including phenoxy) is 1. The highest BCUT2D eigenvalue weighted by Gasteiger charge is 2.15. The van der Waals surface area contributed by atoms with Gasteiger partial charge in [-0.15, -0.1) is 10.2 Å². The Morgan fingerprint density at radius 1 is 0.931 bits per heavy atom. The van der Waals surface area contributed by atoms with Crippen molar-refractivity contribution < 1.29 is 9.53 Å². The lowest BCUT2D eigenvalue weighted by atomic mass is 10.2. The number of rotatable bonds is 6. The largest absolute Gasteiger partial charge is 0.378 e. The van der Waals surface area contributed by atoms with Crippen LogP contribution in [-0.4, -0.2) is 42.4 Å². The van der Waals surface area contributed by atoms with Crippen molar-refractivity contribution in [3.63, 3.8) is 0 Å². The molecule has 2 N–H and O–H groups in total. The van der Waals surface area contributed by atoms with Crippen LogP contribution in [-0.2, 0) is 11.3 Å². The normalized spacial score (nSPS) is 13.7. The number of para-hydroxylation sites is 2. The van der Waals surface area contributed by atoms with E-state index in [1.165, 1.54) is 0 Å². The second kappa shape index (κ2) is 9.16. The van der Waals surface area contributed by atoms with Gasteiger partial charge in [-0.25, -0.2) is 0 Å². The molecule has 0 unspecified atom stereocenters. The van der Waals surface area contributed by atoms with Gasteiger partial charge in [0.15, 0.2) is 11.5 Å². The van der Waals surface area contributed by atoms with Gasteiger partial charge in [0, 0.05) is 19.6 Å². The van der Waals surface area contributed by atoms with Crippen molar-refractivity contribution in [3.8, 4) is 0 Å². The molecule has 1 aliphatic rings. The standard InChI is InChI=1S/C22H23N5O2/c28-22(23-16-17-6-2-1-3-7-17)19-10-11-21(26-25-19)24-18-8-4-5-9-20(18)27-12-14-29-15-13-27/h1-11H,12-16H2,(H,23,28)(H,24,26). The number of amides is 1. The van der Waals surface area contributed by atoms with Gasteiger partial charge in [0.2, 0.25) is 0 Å². The molecule has 7 heteroatoms. The highest BCUT2D eigenvalue weighted by atomic mass is 16.5. The van der Waals surface area contributed by atoms with Crippen LogP contribution >= 0.6 is 0 Å². The molecule has 1 aromatic heterocycles. The van der Waals surface area contributed by atoms with Gasteiger partial charge < -0.3 is 20.3 Å². The van der Waals surface area contributed by atoms with Gasteiger partial charge in [-0.3, -0.25) is 4.79 Å². The Bertz CT molecular complexity index is 941. The molecule has 0 aliphatic carbocycles. The van der Waals surface area contributed by atoms with Gasteiger partial charge in [0.1, 0.15) is 0 Å². The molecule has 0 saturated carbocycles. The number of hydrogen-bond donors (Lipinski definition) is 2. The zero-order valence-corrected chi connectivity index (χ0v) is 16.0. The summed E-state index contributed by atoms with van der Waals surface area (Å²) in [5.74, 6) is 0.340. The Morgan fingerprint density at radius 2 is 1.69 bits per heavy atom. The Balaban J connectivity index is 1.40. The average molecular weight is 389 g/mol. The SMILES string of the molecule is O=C(NCc1ccccc1)c1ccc(Nc2ccccc2N2CCOCC2)nn1. The van der Waals surface area contributed by atoms with Crippen LogP contribution in [0.4, 0.5) is 17.2 Å². The summed E-state index contributed by atoms with van der Waals surface area (Å²) < 4.78 is 5.44. The van der Waals surface area contributed by atoms with E-state index in [4.69, 9.17) is 4.74 Å². The summed E-state index contributed by atoms with van der Waals surface area (Å²) in [7, 11) is 0. The molecule has 1 aliphatic heterocycles. The van der Waals surface area contributed by atoms with E-state index in [2.05, 4.69) is 31.8 Å². The van der Waals surface area contributed by atoms with Gasteiger partial charge >= 0.3 is 0 Å². The molecule has 3 aromatic rings. The lowest BCUT2D eigenvalue weighted by molar-refractivity contribution is 0.0945. The van der Waals surface area contributed by atoms with Gasteiger partial charge in [0.05, 0.1) is 24.6 Å². The minimum Gasteiger partial charge on any atom is -0.378 e. The molecular formula is C22H23N5O2. The van der Waals surface area contributed by atoms with Crippen LogP contribution in [0, 0.1) is 0 Å². The van der Waals surface area contributed by atoms with Crippen molar-refractivity contribution in [2.75, 3.05) is 36.5 Å². The number of carbonyl (C=O) groups is 1. The van der Waals surface area contributed by atoms with Crippen LogP contribution in [0.5, 0.6) is 0 Å². The fraction of sp³-hybridized carbons (Fsp3) is 0.227. The van der Waals surface area contributed by atoms with E-state index in [0.29, 0.717) is 12.4 Å². The van der Waals surface area contributed by atoms with Gasteiger partial charge in [-0.05, 0) is 29.8 Å². The van der Waals surface area contributed by atoms with E-state index in [9.17, 15) is 4.79 Å². The zero-order valence-electron chi connectivity index (χ0n) is 16.0. The number of aromatic nitrogens is 2. The monoisotopic (exact) mass is 389 g/mol. The molecule has 0 bridgehead atoms. The van der Waals surface area contributed by atoms with Crippen LogP contribution in [0.15, 0.2) is 66.7 Å². The van der Waals surface area contributed by atoms with Gasteiger partial charge in [-0.2, -0.15) is 0 Å². The van der Waals surface area contributed by atoms with Crippen molar-refractivity contribution >= 4 is 23.1 Å². The topological polar surface area (TPSA) is 79.4 Å². The smallest absolute Gasteiger partial charge is 0.272 e. The average Bonchev–Trinajstić information content (AvgIpc) is 2.80. The summed E-state index contributed by atoms with van der Waals surface area (Å²) in [6.45, 7) is 3.60. The number of nitrogens with one attached hydrogen (secondary N) is 2. The Labute approximate surface area is 169 Å². The summed E-state index contributed by atoms with van der Waals surface area (Å²) in [6.07, 6.45) is 0. The van der Waals surface area contributed by atoms with E-state index in [0.717, 1.165) is 43.2 Å². The number of hydrogen-bond acceptors (Lipinski definition) is 6. The number of carbonyl (C=O) groups excluding carboxylic acids is 1. The van der Waals surface area contributed by atoms with Crippen molar-refractivity contribution in [2.24, 2.45) is 0 Å². The Hall–Kier alpha value is -3.45. The highest BCUT2D eigenvalue weighted by Crippen LogP contribution is 2.28. The number of morpholine rings is 1. The van der Waals surface area contributed by atoms with Gasteiger partial charge in [0.25, 0.3) is 5.91 Å². The molecule has 2 heterocycles. The predicted octanol–water partition coefficient (Wildman–Crippen LogP) is 2.99. The molecule has 1 saturated heterocycles. The summed E-state index contributed by atoms with van der Waals surface area (Å²) in [5.41, 5.74) is 3.37. The summed E-state index contributed by atoms with van der Waals surface area (Å²) in [4.78, 5) is 14.6. The van der Waals surface area contributed by atoms with Crippen LogP contribution < -0.4 is 15.5 Å². The van der Waals surface area contributed by atoms with Crippen molar-refractivity contribution in [1.29, 1.82) is 0 Å². The van der Waals surface area contributed by atoms with Crippen molar-refractivity contribution in [1.82, 2.24) is 15.5 Å². The minimum absolute atomic E-state index is 0.249. The first-order valence-corrected chi connectivity index (χ1v) is 9.64. The zero-order chi connectivity index (χ0) is 19.9. The highest BCUT2D eigenvalue weighted by molar-refractivity contribution is 5.92. The second-order valence-electron chi connectivity index (χ2n) is 6.71. The number of benzene rings is 2. The van der Waals surface area contributed by atoms with Crippen LogP contribution in [0.3, 0.4) is 0 Å². The van der Waals surface area contributed by atoms with Crippen LogP contribution in [0.25, 0.3) is 0 Å².